The average Bonchev–Trinajstić information content (AvgIpc) is 3.47. The van der Waals surface area contributed by atoms with Gasteiger partial charge in [0.15, 0.2) is 0 Å². The predicted octanol–water partition coefficient (Wildman–Crippen LogP) is 2.17. The summed E-state index contributed by atoms with van der Waals surface area (Å²) in [5.74, 6) is 0. The molecule has 0 bridgehead atoms. The largest absolute Gasteiger partial charge is 0.344 e. The van der Waals surface area contributed by atoms with E-state index in [9.17, 15) is 14.4 Å². The van der Waals surface area contributed by atoms with Crippen molar-refractivity contribution >= 4 is 0 Å². The number of pyridine rings is 1. The Kier molecular flexibility index (Phi) is 26.2. The standard InChI is InChI=1S/C6H13N.C5H5NO.C5H11N.2C4H4N2O.C4H9N.C3H7N/c1-2-4-6-7-5-3-1;7-5-3-1-2-4-6-5;1-2-4-6-5-3-1;7-4-3-5-1-2-6-4;7-4-5-2-1-3-6-4;1-2-4-5-3-1;1-2-4-3-1/h7H,1-6H2;1-4H,(H,6,7);6H,1-5H2;1-3H,(H,6,7);1-3H,(H,5,6,7);5H,1-4H2;4H,1-3H2. The Bertz CT molecular complexity index is 938. The van der Waals surface area contributed by atoms with Gasteiger partial charge < -0.3 is 36.2 Å². The minimum Gasteiger partial charge on any atom is -0.329 e. The molecule has 4 aliphatic rings. The molecule has 7 rings (SSSR count). The fourth-order valence-electron chi connectivity index (χ4n) is 3.58. The number of piperidine rings is 1. The lowest BCUT2D eigenvalue weighted by Crippen LogP contribution is -2.29. The van der Waals surface area contributed by atoms with Crippen molar-refractivity contribution < 1.29 is 0 Å². The molecule has 240 valence electrons. The maximum atomic E-state index is 10.2. The van der Waals surface area contributed by atoms with E-state index in [1.54, 1.807) is 24.4 Å². The molecular formula is C31H53N9O3. The Morgan fingerprint density at radius 1 is 0.465 bits per heavy atom. The molecule has 0 atom stereocenters. The van der Waals surface area contributed by atoms with Gasteiger partial charge in [-0.25, -0.2) is 9.78 Å². The summed E-state index contributed by atoms with van der Waals surface area (Å²) in [7, 11) is 0. The number of nitrogens with one attached hydrogen (secondary N) is 7. The van der Waals surface area contributed by atoms with Crippen LogP contribution in [0.25, 0.3) is 0 Å². The van der Waals surface area contributed by atoms with Crippen LogP contribution in [0.4, 0.5) is 0 Å². The van der Waals surface area contributed by atoms with Gasteiger partial charge in [-0.3, -0.25) is 14.6 Å². The number of aromatic amines is 3. The molecule has 0 spiro atoms. The lowest BCUT2D eigenvalue weighted by atomic mass is 10.2. The molecule has 7 heterocycles. The Hall–Kier alpha value is -3.45. The van der Waals surface area contributed by atoms with E-state index < -0.39 is 0 Å². The quantitative estimate of drug-likeness (QED) is 0.204. The van der Waals surface area contributed by atoms with Crippen LogP contribution >= 0.6 is 0 Å². The van der Waals surface area contributed by atoms with Gasteiger partial charge in [0.05, 0.1) is 6.20 Å². The van der Waals surface area contributed by atoms with Gasteiger partial charge >= 0.3 is 5.69 Å². The second kappa shape index (κ2) is 30.0. The molecule has 0 saturated carbocycles. The van der Waals surface area contributed by atoms with E-state index in [0.29, 0.717) is 0 Å². The predicted molar refractivity (Wildman–Crippen MR) is 174 cm³/mol. The second-order valence-corrected chi connectivity index (χ2v) is 9.95. The zero-order valence-electron chi connectivity index (χ0n) is 25.6. The first-order chi connectivity index (χ1) is 21.2. The third kappa shape index (κ3) is 28.4. The first-order valence-corrected chi connectivity index (χ1v) is 15.6. The van der Waals surface area contributed by atoms with Crippen LogP contribution in [0.5, 0.6) is 0 Å². The van der Waals surface area contributed by atoms with Crippen molar-refractivity contribution in [2.45, 2.75) is 64.2 Å². The molecule has 12 nitrogen and oxygen atoms in total. The maximum Gasteiger partial charge on any atom is 0.344 e. The van der Waals surface area contributed by atoms with Crippen molar-refractivity contribution in [2.75, 3.05) is 52.4 Å². The van der Waals surface area contributed by atoms with E-state index in [1.165, 1.54) is 154 Å². The SMILES string of the molecule is C1CCCNCC1.C1CCNC1.C1CCNCC1.C1CNC1.O=c1cccc[nH]1.O=c1cncc[nH]1.O=c1nccc[nH]1. The van der Waals surface area contributed by atoms with Crippen molar-refractivity contribution in [2.24, 2.45) is 0 Å². The van der Waals surface area contributed by atoms with E-state index >= 15 is 0 Å². The summed E-state index contributed by atoms with van der Waals surface area (Å²) in [5, 5.41) is 13.0. The summed E-state index contributed by atoms with van der Waals surface area (Å²) in [6.07, 6.45) is 22.8. The molecule has 3 aromatic heterocycles. The van der Waals surface area contributed by atoms with Crippen LogP contribution in [0.3, 0.4) is 0 Å². The maximum absolute atomic E-state index is 10.2. The van der Waals surface area contributed by atoms with Crippen LogP contribution in [-0.4, -0.2) is 77.3 Å². The molecule has 0 unspecified atom stereocenters. The number of aromatic nitrogens is 5. The second-order valence-electron chi connectivity index (χ2n) is 9.95. The van der Waals surface area contributed by atoms with E-state index in [-0.39, 0.29) is 16.8 Å². The van der Waals surface area contributed by atoms with Gasteiger partial charge in [0.25, 0.3) is 5.56 Å². The highest BCUT2D eigenvalue weighted by atomic mass is 16.1. The number of rotatable bonds is 0. The fraction of sp³-hybridized carbons (Fsp3) is 0.581. The lowest BCUT2D eigenvalue weighted by Gasteiger charge is -2.09. The minimum atomic E-state index is -0.303. The molecule has 0 aromatic carbocycles. The molecule has 0 radical (unpaired) electrons. The van der Waals surface area contributed by atoms with Crippen molar-refractivity contribution in [3.8, 4) is 0 Å². The summed E-state index contributed by atoms with van der Waals surface area (Å²) in [5.41, 5.74) is -0.521. The van der Waals surface area contributed by atoms with E-state index in [4.69, 9.17) is 0 Å². The van der Waals surface area contributed by atoms with Gasteiger partial charge in [0.1, 0.15) is 0 Å². The molecule has 4 aliphatic heterocycles. The highest BCUT2D eigenvalue weighted by Gasteiger charge is 1.95. The molecule has 3 aromatic rings. The van der Waals surface area contributed by atoms with Crippen LogP contribution in [0, 0.1) is 0 Å². The molecule has 4 saturated heterocycles. The molecular weight excluding hydrogens is 546 g/mol. The van der Waals surface area contributed by atoms with Crippen LogP contribution in [0.2, 0.25) is 0 Å². The third-order valence-electron chi connectivity index (χ3n) is 6.17. The van der Waals surface area contributed by atoms with E-state index in [2.05, 4.69) is 46.2 Å². The van der Waals surface area contributed by atoms with Crippen LogP contribution in [0.15, 0.2) is 75.8 Å². The highest BCUT2D eigenvalue weighted by molar-refractivity contribution is 4.89. The van der Waals surface area contributed by atoms with Crippen LogP contribution < -0.4 is 38.1 Å². The molecule has 0 aliphatic carbocycles. The third-order valence-corrected chi connectivity index (χ3v) is 6.17. The zero-order chi connectivity index (χ0) is 30.9. The van der Waals surface area contributed by atoms with Crippen molar-refractivity contribution in [3.05, 3.63) is 92.6 Å². The van der Waals surface area contributed by atoms with Gasteiger partial charge in [-0.05, 0) is 109 Å². The number of nitrogens with zero attached hydrogens (tertiary/aromatic N) is 2. The van der Waals surface area contributed by atoms with Gasteiger partial charge in [0, 0.05) is 37.1 Å². The molecule has 7 N–H and O–H groups in total. The smallest absolute Gasteiger partial charge is 0.329 e. The van der Waals surface area contributed by atoms with Gasteiger partial charge in [-0.15, -0.1) is 0 Å². The highest BCUT2D eigenvalue weighted by Crippen LogP contribution is 2.00. The minimum absolute atomic E-state index is 0.0532. The van der Waals surface area contributed by atoms with Gasteiger partial charge in [-0.1, -0.05) is 25.3 Å². The van der Waals surface area contributed by atoms with Gasteiger partial charge in [0.2, 0.25) is 5.56 Å². The van der Waals surface area contributed by atoms with Crippen LogP contribution in [0.1, 0.15) is 64.2 Å². The van der Waals surface area contributed by atoms with Gasteiger partial charge in [-0.2, -0.15) is 0 Å². The summed E-state index contributed by atoms with van der Waals surface area (Å²) in [6, 6.07) is 6.58. The first-order valence-electron chi connectivity index (χ1n) is 15.6. The Labute approximate surface area is 255 Å². The molecule has 0 amide bonds. The summed E-state index contributed by atoms with van der Waals surface area (Å²) in [6.45, 7) is 10.0. The Morgan fingerprint density at radius 2 is 0.930 bits per heavy atom. The van der Waals surface area contributed by atoms with Crippen molar-refractivity contribution in [1.82, 2.24) is 46.2 Å². The zero-order valence-corrected chi connectivity index (χ0v) is 25.6. The first kappa shape index (κ1) is 37.6. The Morgan fingerprint density at radius 3 is 1.19 bits per heavy atom. The monoisotopic (exact) mass is 599 g/mol. The fourth-order valence-corrected chi connectivity index (χ4v) is 3.58. The van der Waals surface area contributed by atoms with E-state index in [1.807, 2.05) is 0 Å². The van der Waals surface area contributed by atoms with Crippen molar-refractivity contribution in [1.29, 1.82) is 0 Å². The number of hydrogen-bond donors (Lipinski definition) is 7. The Balaban J connectivity index is 0.000000252. The molecule has 4 fully saturated rings. The summed E-state index contributed by atoms with van der Waals surface area (Å²) >= 11 is 0. The summed E-state index contributed by atoms with van der Waals surface area (Å²) < 4.78 is 0. The van der Waals surface area contributed by atoms with Crippen LogP contribution in [-0.2, 0) is 0 Å². The molecule has 43 heavy (non-hydrogen) atoms. The number of hydrogen-bond acceptors (Lipinski definition) is 9. The summed E-state index contributed by atoms with van der Waals surface area (Å²) in [4.78, 5) is 44.6. The normalized spacial score (nSPS) is 16.5. The molecule has 12 heteroatoms. The van der Waals surface area contributed by atoms with Crippen molar-refractivity contribution in [3.63, 3.8) is 0 Å². The lowest BCUT2D eigenvalue weighted by molar-refractivity contribution is 0.520. The van der Waals surface area contributed by atoms with E-state index in [0.717, 1.165) is 0 Å². The topological polar surface area (TPSA) is 172 Å². The number of H-pyrrole nitrogens is 3. The average molecular weight is 600 g/mol.